The fourth-order valence-corrected chi connectivity index (χ4v) is 5.11. The Balaban J connectivity index is 1.19. The Morgan fingerprint density at radius 3 is 2.86 bits per heavy atom. The molecule has 1 N–H and O–H groups in total. The van der Waals surface area contributed by atoms with E-state index in [0.29, 0.717) is 0 Å². The second-order valence-corrected chi connectivity index (χ2v) is 9.69. The number of nitrogens with zero attached hydrogens (tertiary/aromatic N) is 3. The molecule has 154 valence electrons. The van der Waals surface area contributed by atoms with E-state index in [9.17, 15) is 4.79 Å². The number of ether oxygens (including phenoxy) is 1. The van der Waals surface area contributed by atoms with Crippen LogP contribution in [0.3, 0.4) is 0 Å². The maximum atomic E-state index is 12.0. The van der Waals surface area contributed by atoms with Crippen molar-refractivity contribution < 1.29 is 9.53 Å². The molecule has 0 bridgehead atoms. The molecule has 3 fully saturated rings. The van der Waals surface area contributed by atoms with Crippen LogP contribution < -0.4 is 10.2 Å². The number of likely N-dealkylation sites (tertiary alicyclic amines) is 1. The number of morpholine rings is 1. The molecule has 1 aromatic carbocycles. The van der Waals surface area contributed by atoms with Crippen LogP contribution in [0.1, 0.15) is 24.8 Å². The van der Waals surface area contributed by atoms with Gasteiger partial charge < -0.3 is 15.0 Å². The van der Waals surface area contributed by atoms with Gasteiger partial charge in [-0.2, -0.15) is 0 Å². The van der Waals surface area contributed by atoms with Gasteiger partial charge in [0.1, 0.15) is 5.01 Å². The highest BCUT2D eigenvalue weighted by atomic mass is 32.1. The predicted molar refractivity (Wildman–Crippen MR) is 115 cm³/mol. The number of hydrogen-bond acceptors (Lipinski definition) is 6. The van der Waals surface area contributed by atoms with Gasteiger partial charge in [-0.25, -0.2) is 4.98 Å². The number of aromatic nitrogens is 1. The Kier molecular flexibility index (Phi) is 5.05. The minimum Gasteiger partial charge on any atom is -0.378 e. The van der Waals surface area contributed by atoms with Crippen molar-refractivity contribution in [3.63, 3.8) is 0 Å². The molecule has 29 heavy (non-hydrogen) atoms. The maximum Gasteiger partial charge on any atom is 0.223 e. The van der Waals surface area contributed by atoms with Crippen molar-refractivity contribution in [3.8, 4) is 11.3 Å². The number of amides is 1. The van der Waals surface area contributed by atoms with Gasteiger partial charge in [-0.05, 0) is 31.9 Å². The lowest BCUT2D eigenvalue weighted by molar-refractivity contribution is -0.126. The van der Waals surface area contributed by atoms with E-state index in [-0.39, 0.29) is 17.4 Å². The summed E-state index contributed by atoms with van der Waals surface area (Å²) in [6, 6.07) is 8.65. The fraction of sp³-hybridized carbons (Fsp3) is 0.545. The molecule has 1 aromatic heterocycles. The molecule has 0 atom stereocenters. The monoisotopic (exact) mass is 412 g/mol. The summed E-state index contributed by atoms with van der Waals surface area (Å²) in [4.78, 5) is 21.6. The zero-order chi connectivity index (χ0) is 19.8. The molecule has 1 aliphatic carbocycles. The van der Waals surface area contributed by atoms with Crippen LogP contribution in [0.5, 0.6) is 0 Å². The molecule has 7 heteroatoms. The molecule has 1 amide bonds. The van der Waals surface area contributed by atoms with Crippen LogP contribution in [-0.2, 0) is 16.1 Å². The molecule has 0 spiro atoms. The van der Waals surface area contributed by atoms with Crippen molar-refractivity contribution in [2.45, 2.75) is 31.8 Å². The number of carbonyl (C=O) groups excluding carboxylic acids is 1. The largest absolute Gasteiger partial charge is 0.378 e. The molecule has 0 radical (unpaired) electrons. The number of rotatable bonds is 6. The normalized spacial score (nSPS) is 21.6. The van der Waals surface area contributed by atoms with E-state index in [2.05, 4.69) is 51.7 Å². The third kappa shape index (κ3) is 4.32. The van der Waals surface area contributed by atoms with Gasteiger partial charge in [-0.3, -0.25) is 9.69 Å². The van der Waals surface area contributed by atoms with Gasteiger partial charge in [0.15, 0.2) is 0 Å². The highest BCUT2D eigenvalue weighted by molar-refractivity contribution is 7.09. The van der Waals surface area contributed by atoms with Crippen LogP contribution in [-0.4, -0.2) is 60.7 Å². The Hall–Kier alpha value is -1.96. The quantitative estimate of drug-likeness (QED) is 0.791. The lowest BCUT2D eigenvalue weighted by Gasteiger charge is -2.48. The lowest BCUT2D eigenvalue weighted by atomic mass is 9.92. The number of carbonyl (C=O) groups is 1. The molecule has 5 rings (SSSR count). The molecule has 3 heterocycles. The zero-order valence-electron chi connectivity index (χ0n) is 16.9. The minimum atomic E-state index is -0.0771. The molecule has 0 unspecified atom stereocenters. The molecule has 2 aliphatic heterocycles. The third-order valence-corrected chi connectivity index (χ3v) is 6.78. The van der Waals surface area contributed by atoms with E-state index in [4.69, 9.17) is 9.72 Å². The molecule has 2 aromatic rings. The van der Waals surface area contributed by atoms with Gasteiger partial charge in [0, 0.05) is 48.7 Å². The topological polar surface area (TPSA) is 57.7 Å². The summed E-state index contributed by atoms with van der Waals surface area (Å²) in [6.07, 6.45) is 2.11. The van der Waals surface area contributed by atoms with Crippen LogP contribution in [0.25, 0.3) is 11.3 Å². The van der Waals surface area contributed by atoms with Crippen LogP contribution in [0.2, 0.25) is 0 Å². The first kappa shape index (κ1) is 19.0. The van der Waals surface area contributed by atoms with E-state index in [0.717, 1.165) is 69.5 Å². The smallest absolute Gasteiger partial charge is 0.223 e. The van der Waals surface area contributed by atoms with E-state index in [1.807, 2.05) is 0 Å². The highest BCUT2D eigenvalue weighted by Gasteiger charge is 2.42. The standard InChI is InChI=1S/C22H28N4O2S/c1-22(24-21(27)16-5-6-16)14-25(15-22)12-20-23-19(13-29-20)17-3-2-4-18(11-17)26-7-9-28-10-8-26/h2-4,11,13,16H,5-10,12,14-15H2,1H3,(H,24,27). The van der Waals surface area contributed by atoms with E-state index in [1.165, 1.54) is 11.3 Å². The summed E-state index contributed by atoms with van der Waals surface area (Å²) in [6.45, 7) is 8.26. The average molecular weight is 413 g/mol. The zero-order valence-corrected chi connectivity index (χ0v) is 17.7. The summed E-state index contributed by atoms with van der Waals surface area (Å²) in [5.74, 6) is 0.513. The van der Waals surface area contributed by atoms with Crippen LogP contribution in [0, 0.1) is 5.92 Å². The summed E-state index contributed by atoms with van der Waals surface area (Å²) in [5, 5.41) is 6.51. The Morgan fingerprint density at radius 2 is 2.10 bits per heavy atom. The Morgan fingerprint density at radius 1 is 1.31 bits per heavy atom. The van der Waals surface area contributed by atoms with Crippen molar-refractivity contribution in [2.24, 2.45) is 5.92 Å². The van der Waals surface area contributed by atoms with Crippen molar-refractivity contribution in [3.05, 3.63) is 34.7 Å². The summed E-state index contributed by atoms with van der Waals surface area (Å²) in [5.41, 5.74) is 3.38. The van der Waals surface area contributed by atoms with Gasteiger partial charge in [-0.15, -0.1) is 11.3 Å². The third-order valence-electron chi connectivity index (χ3n) is 5.95. The first-order valence-corrected chi connectivity index (χ1v) is 11.4. The highest BCUT2D eigenvalue weighted by Crippen LogP contribution is 2.32. The van der Waals surface area contributed by atoms with Crippen molar-refractivity contribution in [1.29, 1.82) is 0 Å². The first-order valence-electron chi connectivity index (χ1n) is 10.5. The van der Waals surface area contributed by atoms with Crippen molar-refractivity contribution in [1.82, 2.24) is 15.2 Å². The van der Waals surface area contributed by atoms with E-state index >= 15 is 0 Å². The van der Waals surface area contributed by atoms with Gasteiger partial charge >= 0.3 is 0 Å². The number of hydrogen-bond donors (Lipinski definition) is 1. The Labute approximate surface area is 175 Å². The van der Waals surface area contributed by atoms with Gasteiger partial charge in [0.05, 0.1) is 31.0 Å². The predicted octanol–water partition coefficient (Wildman–Crippen LogP) is 2.75. The average Bonchev–Trinajstić information content (AvgIpc) is 3.47. The first-order chi connectivity index (χ1) is 14.1. The number of anilines is 1. The Bertz CT molecular complexity index is 882. The van der Waals surface area contributed by atoms with Gasteiger partial charge in [-0.1, -0.05) is 12.1 Å². The van der Waals surface area contributed by atoms with E-state index < -0.39 is 0 Å². The SMILES string of the molecule is CC1(NC(=O)C2CC2)CN(Cc2nc(-c3cccc(N4CCOCC4)c3)cs2)C1. The van der Waals surface area contributed by atoms with Crippen LogP contribution in [0.4, 0.5) is 5.69 Å². The molecule has 3 aliphatic rings. The summed E-state index contributed by atoms with van der Waals surface area (Å²) < 4.78 is 5.46. The summed E-state index contributed by atoms with van der Waals surface area (Å²) in [7, 11) is 0. The molecule has 6 nitrogen and oxygen atoms in total. The molecule has 2 saturated heterocycles. The molecular formula is C22H28N4O2S. The number of benzene rings is 1. The molecule has 1 saturated carbocycles. The van der Waals surface area contributed by atoms with Gasteiger partial charge in [0.2, 0.25) is 5.91 Å². The van der Waals surface area contributed by atoms with Crippen molar-refractivity contribution >= 4 is 22.9 Å². The number of thiazole rings is 1. The van der Waals surface area contributed by atoms with Crippen LogP contribution >= 0.6 is 11.3 Å². The maximum absolute atomic E-state index is 12.0. The fourth-order valence-electron chi connectivity index (χ4n) is 4.27. The second kappa shape index (κ2) is 7.70. The van der Waals surface area contributed by atoms with Crippen LogP contribution in [0.15, 0.2) is 29.6 Å². The molecular weight excluding hydrogens is 384 g/mol. The van der Waals surface area contributed by atoms with Crippen molar-refractivity contribution in [2.75, 3.05) is 44.3 Å². The second-order valence-electron chi connectivity index (χ2n) is 8.75. The number of nitrogens with one attached hydrogen (secondary N) is 1. The lowest BCUT2D eigenvalue weighted by Crippen LogP contribution is -2.68. The van der Waals surface area contributed by atoms with Gasteiger partial charge in [0.25, 0.3) is 0 Å². The van der Waals surface area contributed by atoms with E-state index in [1.54, 1.807) is 11.3 Å². The summed E-state index contributed by atoms with van der Waals surface area (Å²) >= 11 is 1.72. The minimum absolute atomic E-state index is 0.0771.